The zero-order valence-corrected chi connectivity index (χ0v) is 5.02. The summed E-state index contributed by atoms with van der Waals surface area (Å²) in [7, 11) is 0. The Morgan fingerprint density at radius 1 is 1.83 bits per heavy atom. The lowest BCUT2D eigenvalue weighted by molar-refractivity contribution is 0.247. The van der Waals surface area contributed by atoms with Crippen LogP contribution < -0.4 is 14.8 Å². The average Bonchev–Trinajstić information content (AvgIpc) is 1.65. The van der Waals surface area contributed by atoms with E-state index in [9.17, 15) is 4.79 Å². The van der Waals surface area contributed by atoms with E-state index in [1.165, 1.54) is 0 Å². The molecule has 5 heteroatoms. The molecule has 0 unspecified atom stereocenters. The van der Waals surface area contributed by atoms with Gasteiger partial charge in [0.1, 0.15) is 0 Å². The summed E-state index contributed by atoms with van der Waals surface area (Å²) in [4.78, 5) is 9.83. The molecule has 0 spiro atoms. The van der Waals surface area contributed by atoms with Crippen LogP contribution >= 0.6 is 22.9 Å². The largest absolute Gasteiger partial charge is 0.337 e. The number of hydrogen-bond donors (Lipinski definition) is 3. The zero-order valence-electron chi connectivity index (χ0n) is 2.86. The van der Waals surface area contributed by atoms with Gasteiger partial charge in [-0.1, -0.05) is 0 Å². The van der Waals surface area contributed by atoms with Gasteiger partial charge in [-0.25, -0.2) is 10.6 Å². The second-order valence-electron chi connectivity index (χ2n) is 0.568. The molecule has 0 aromatic carbocycles. The molecule has 0 aliphatic carbocycles. The lowest BCUT2D eigenvalue weighted by Crippen LogP contribution is -2.34. The predicted molar refractivity (Wildman–Crippen MR) is 29.9 cm³/mol. The number of amides is 2. The molecular weight excluding hydrogens is 197 g/mol. The summed E-state index contributed by atoms with van der Waals surface area (Å²) in [6, 6.07) is -0.393. The normalized spacial score (nSPS) is 7.00. The van der Waals surface area contributed by atoms with E-state index in [4.69, 9.17) is 0 Å². The topological polar surface area (TPSA) is 67.1 Å². The van der Waals surface area contributed by atoms with Crippen LogP contribution in [0.5, 0.6) is 0 Å². The fourth-order valence-electron chi connectivity index (χ4n) is 0.0273. The van der Waals surface area contributed by atoms with Crippen molar-refractivity contribution in [2.24, 2.45) is 5.84 Å². The molecule has 0 aliphatic heterocycles. The summed E-state index contributed by atoms with van der Waals surface area (Å²) in [5.74, 6) is 4.62. The highest BCUT2D eigenvalue weighted by Crippen LogP contribution is 1.64. The van der Waals surface area contributed by atoms with Gasteiger partial charge >= 0.3 is 6.03 Å². The first-order valence-corrected chi connectivity index (χ1v) is 2.26. The van der Waals surface area contributed by atoms with Crippen molar-refractivity contribution in [1.82, 2.24) is 8.96 Å². The van der Waals surface area contributed by atoms with Crippen molar-refractivity contribution < 1.29 is 4.79 Å². The Hall–Kier alpha value is -0.0400. The third kappa shape index (κ3) is 2.21. The van der Waals surface area contributed by atoms with Crippen LogP contribution in [0.4, 0.5) is 4.79 Å². The molecule has 6 heavy (non-hydrogen) atoms. The molecule has 4 N–H and O–H groups in total. The van der Waals surface area contributed by atoms with Crippen molar-refractivity contribution in [3.05, 3.63) is 0 Å². The summed E-state index contributed by atoms with van der Waals surface area (Å²) in [5, 5.41) is 0. The first kappa shape index (κ1) is 5.96. The second kappa shape index (κ2) is 3.16. The van der Waals surface area contributed by atoms with Crippen LogP contribution in [0.2, 0.25) is 0 Å². The Morgan fingerprint density at radius 2 is 2.33 bits per heavy atom. The smallest absolute Gasteiger partial charge is 0.279 e. The highest BCUT2D eigenvalue weighted by atomic mass is 127. The van der Waals surface area contributed by atoms with Gasteiger partial charge in [-0.15, -0.1) is 0 Å². The first-order valence-electron chi connectivity index (χ1n) is 1.18. The number of halogens is 1. The van der Waals surface area contributed by atoms with E-state index in [0.29, 0.717) is 0 Å². The van der Waals surface area contributed by atoms with Crippen LogP contribution in [0, 0.1) is 0 Å². The molecule has 0 fully saturated rings. The van der Waals surface area contributed by atoms with Gasteiger partial charge in [-0.3, -0.25) is 8.96 Å². The van der Waals surface area contributed by atoms with Crippen molar-refractivity contribution in [3.63, 3.8) is 0 Å². The number of hydrogen-bond acceptors (Lipinski definition) is 2. The van der Waals surface area contributed by atoms with Crippen LogP contribution in [0.15, 0.2) is 0 Å². The highest BCUT2D eigenvalue weighted by molar-refractivity contribution is 14.1. The molecule has 0 saturated carbocycles. The molecule has 0 saturated heterocycles. The van der Waals surface area contributed by atoms with Gasteiger partial charge in [0, 0.05) is 0 Å². The maximum absolute atomic E-state index is 9.83. The molecule has 2 amide bonds. The monoisotopic (exact) mass is 201 g/mol. The molecule has 4 nitrogen and oxygen atoms in total. The Morgan fingerprint density at radius 3 is 2.33 bits per heavy atom. The molecule has 0 aromatic rings. The Bertz CT molecular complexity index is 48.8. The molecule has 0 aromatic heterocycles. The molecule has 0 rings (SSSR count). The maximum atomic E-state index is 9.83. The third-order valence-electron chi connectivity index (χ3n) is 0.217. The summed E-state index contributed by atoms with van der Waals surface area (Å²) < 4.78 is 2.21. The summed E-state index contributed by atoms with van der Waals surface area (Å²) in [5.41, 5.74) is 1.86. The second-order valence-corrected chi connectivity index (χ2v) is 1.11. The van der Waals surface area contributed by atoms with E-state index < -0.39 is 6.03 Å². The molecule has 0 atom stereocenters. The van der Waals surface area contributed by atoms with E-state index in [-0.39, 0.29) is 0 Å². The molecule has 0 heterocycles. The number of carbonyl (C=O) groups is 1. The number of nitrogens with one attached hydrogen (secondary N) is 2. The number of carbonyl (C=O) groups excluding carboxylic acids is 1. The molecule has 0 aliphatic rings. The van der Waals surface area contributed by atoms with Crippen LogP contribution in [-0.4, -0.2) is 6.03 Å². The number of rotatable bonds is 0. The van der Waals surface area contributed by atoms with Gasteiger partial charge in [0.05, 0.1) is 22.9 Å². The molecular formula is CH4IN3O. The lowest BCUT2D eigenvalue weighted by atomic mass is 11.2. The number of hydrazine groups is 1. The highest BCUT2D eigenvalue weighted by Gasteiger charge is 1.84. The van der Waals surface area contributed by atoms with Crippen molar-refractivity contribution in [3.8, 4) is 0 Å². The van der Waals surface area contributed by atoms with E-state index in [2.05, 4.69) is 9.37 Å². The standard InChI is InChI=1S/CH4IN3O/c2-4-1(6)5-3/h3H2,(H2,4,5,6). The molecule has 0 radical (unpaired) electrons. The van der Waals surface area contributed by atoms with Crippen molar-refractivity contribution >= 4 is 28.9 Å². The minimum atomic E-state index is -0.393. The van der Waals surface area contributed by atoms with Crippen molar-refractivity contribution in [1.29, 1.82) is 0 Å². The summed E-state index contributed by atoms with van der Waals surface area (Å²) in [6.45, 7) is 0. The van der Waals surface area contributed by atoms with E-state index in [1.54, 1.807) is 22.9 Å². The van der Waals surface area contributed by atoms with Crippen LogP contribution in [0.3, 0.4) is 0 Å². The Kier molecular flexibility index (Phi) is 3.14. The molecule has 36 valence electrons. The minimum Gasteiger partial charge on any atom is -0.279 e. The van der Waals surface area contributed by atoms with Gasteiger partial charge in [-0.2, -0.15) is 0 Å². The Labute approximate surface area is 48.9 Å². The minimum absolute atomic E-state index is 0.393. The van der Waals surface area contributed by atoms with Crippen molar-refractivity contribution in [2.45, 2.75) is 0 Å². The van der Waals surface area contributed by atoms with Gasteiger partial charge in [0.2, 0.25) is 0 Å². The van der Waals surface area contributed by atoms with Crippen LogP contribution in [-0.2, 0) is 0 Å². The zero-order chi connectivity index (χ0) is 4.99. The van der Waals surface area contributed by atoms with Crippen molar-refractivity contribution in [2.75, 3.05) is 0 Å². The van der Waals surface area contributed by atoms with E-state index in [0.717, 1.165) is 0 Å². The van der Waals surface area contributed by atoms with Gasteiger partial charge < -0.3 is 0 Å². The van der Waals surface area contributed by atoms with Crippen LogP contribution in [0.1, 0.15) is 0 Å². The fourth-order valence-corrected chi connectivity index (χ4v) is 0.183. The van der Waals surface area contributed by atoms with E-state index >= 15 is 0 Å². The number of urea groups is 1. The third-order valence-corrected chi connectivity index (χ3v) is 0.707. The maximum Gasteiger partial charge on any atom is 0.337 e. The predicted octanol–water partition coefficient (Wildman–Crippen LogP) is -0.491. The van der Waals surface area contributed by atoms with E-state index in [1.807, 2.05) is 5.43 Å². The van der Waals surface area contributed by atoms with Crippen LogP contribution in [0.25, 0.3) is 0 Å². The fraction of sp³-hybridized carbons (Fsp3) is 0. The lowest BCUT2D eigenvalue weighted by Gasteiger charge is -1.88. The van der Waals surface area contributed by atoms with Gasteiger partial charge in [0.25, 0.3) is 0 Å². The SMILES string of the molecule is NNC(=O)NI. The quantitative estimate of drug-likeness (QED) is 0.163. The Balaban J connectivity index is 2.99. The summed E-state index contributed by atoms with van der Waals surface area (Å²) in [6.07, 6.45) is 0. The van der Waals surface area contributed by atoms with Gasteiger partial charge in [0.15, 0.2) is 0 Å². The number of nitrogens with two attached hydrogens (primary N) is 1. The van der Waals surface area contributed by atoms with Gasteiger partial charge in [-0.05, 0) is 0 Å². The molecule has 0 bridgehead atoms. The average molecular weight is 201 g/mol. The summed E-state index contributed by atoms with van der Waals surface area (Å²) >= 11 is 1.67. The first-order chi connectivity index (χ1) is 2.81.